The number of carbonyl (C=O) groups excluding carboxylic acids is 1. The summed E-state index contributed by atoms with van der Waals surface area (Å²) >= 11 is 0. The largest absolute Gasteiger partial charge is 0.441 e. The Hall–Kier alpha value is -2.67. The van der Waals surface area contributed by atoms with Gasteiger partial charge in [0.1, 0.15) is 23.2 Å². The SMILES string of the molecule is Cc1ccc(-c2nc(CS(=O)CC(=O)Cc3cc(F)ccc3F)c(C)o2)cc1. The van der Waals surface area contributed by atoms with Gasteiger partial charge in [0, 0.05) is 22.8 Å². The molecule has 28 heavy (non-hydrogen) atoms. The number of carbonyl (C=O) groups is 1. The molecule has 0 aliphatic carbocycles. The van der Waals surface area contributed by atoms with E-state index in [0.717, 1.165) is 29.3 Å². The summed E-state index contributed by atoms with van der Waals surface area (Å²) in [7, 11) is -1.53. The quantitative estimate of drug-likeness (QED) is 0.590. The number of nitrogens with zero attached hydrogens (tertiary/aromatic N) is 1. The standard InChI is InChI=1S/C21H19F2NO3S/c1-13-3-5-15(6-4-13)21-24-20(14(2)27-21)12-28(26)11-18(25)10-16-9-17(22)7-8-19(16)23/h3-9H,10-12H2,1-2H3. The maximum Gasteiger partial charge on any atom is 0.226 e. The third kappa shape index (κ3) is 4.98. The number of hydrogen-bond acceptors (Lipinski definition) is 4. The predicted octanol–water partition coefficient (Wildman–Crippen LogP) is 4.30. The number of hydrogen-bond donors (Lipinski definition) is 0. The lowest BCUT2D eigenvalue weighted by atomic mass is 10.1. The molecule has 0 aliphatic heterocycles. The lowest BCUT2D eigenvalue weighted by Crippen LogP contribution is -2.15. The van der Waals surface area contributed by atoms with Gasteiger partial charge in [0.2, 0.25) is 5.89 Å². The van der Waals surface area contributed by atoms with E-state index < -0.39 is 28.2 Å². The van der Waals surface area contributed by atoms with E-state index >= 15 is 0 Å². The molecule has 0 bridgehead atoms. The summed E-state index contributed by atoms with van der Waals surface area (Å²) in [5.74, 6) is -0.948. The van der Waals surface area contributed by atoms with E-state index in [1.54, 1.807) is 6.92 Å². The minimum atomic E-state index is -1.53. The van der Waals surface area contributed by atoms with Crippen molar-refractivity contribution < 1.29 is 22.2 Å². The summed E-state index contributed by atoms with van der Waals surface area (Å²) in [5.41, 5.74) is 2.39. The van der Waals surface area contributed by atoms with Crippen LogP contribution in [0.1, 0.15) is 22.6 Å². The molecule has 0 saturated heterocycles. The third-order valence-electron chi connectivity index (χ3n) is 4.21. The van der Waals surface area contributed by atoms with Gasteiger partial charge in [-0.2, -0.15) is 0 Å². The van der Waals surface area contributed by atoms with Gasteiger partial charge in [0.15, 0.2) is 0 Å². The minimum Gasteiger partial charge on any atom is -0.441 e. The van der Waals surface area contributed by atoms with Crippen molar-refractivity contribution in [3.05, 3.63) is 76.7 Å². The molecule has 3 aromatic rings. The molecule has 1 heterocycles. The van der Waals surface area contributed by atoms with Crippen LogP contribution in [0.5, 0.6) is 0 Å². The van der Waals surface area contributed by atoms with Gasteiger partial charge in [-0.3, -0.25) is 9.00 Å². The monoisotopic (exact) mass is 403 g/mol. The summed E-state index contributed by atoms with van der Waals surface area (Å²) in [4.78, 5) is 16.5. The zero-order valence-electron chi connectivity index (χ0n) is 15.5. The van der Waals surface area contributed by atoms with Crippen LogP contribution < -0.4 is 0 Å². The van der Waals surface area contributed by atoms with Crippen molar-refractivity contribution in [1.82, 2.24) is 4.98 Å². The molecule has 1 aromatic heterocycles. The lowest BCUT2D eigenvalue weighted by Gasteiger charge is -2.03. The summed E-state index contributed by atoms with van der Waals surface area (Å²) < 4.78 is 44.8. The van der Waals surface area contributed by atoms with E-state index in [1.165, 1.54) is 0 Å². The van der Waals surface area contributed by atoms with Crippen LogP contribution in [0.25, 0.3) is 11.5 Å². The zero-order chi connectivity index (χ0) is 20.3. The van der Waals surface area contributed by atoms with Crippen LogP contribution in [-0.2, 0) is 27.8 Å². The van der Waals surface area contributed by atoms with Crippen LogP contribution in [0.2, 0.25) is 0 Å². The highest BCUT2D eigenvalue weighted by molar-refractivity contribution is 7.84. The van der Waals surface area contributed by atoms with E-state index in [2.05, 4.69) is 4.98 Å². The molecule has 0 saturated carbocycles. The second-order valence-electron chi connectivity index (χ2n) is 6.57. The fraction of sp³-hybridized carbons (Fsp3) is 0.238. The van der Waals surface area contributed by atoms with Crippen LogP contribution in [0.15, 0.2) is 46.9 Å². The van der Waals surface area contributed by atoms with E-state index in [9.17, 15) is 17.8 Å². The predicted molar refractivity (Wildman–Crippen MR) is 103 cm³/mol. The van der Waals surface area contributed by atoms with E-state index in [-0.39, 0.29) is 23.5 Å². The first-order valence-corrected chi connectivity index (χ1v) is 10.1. The summed E-state index contributed by atoms with van der Waals surface area (Å²) in [5, 5.41) is 0. The van der Waals surface area contributed by atoms with Gasteiger partial charge in [-0.25, -0.2) is 13.8 Å². The van der Waals surface area contributed by atoms with Crippen LogP contribution in [0, 0.1) is 25.5 Å². The van der Waals surface area contributed by atoms with Crippen LogP contribution in [0.4, 0.5) is 8.78 Å². The van der Waals surface area contributed by atoms with Crippen molar-refractivity contribution >= 4 is 16.6 Å². The Morgan fingerprint density at radius 2 is 1.82 bits per heavy atom. The average Bonchev–Trinajstić information content (AvgIpc) is 2.99. The molecule has 0 aliphatic rings. The number of Topliss-reactive ketones (excluding diaryl/α,β-unsaturated/α-hetero) is 1. The van der Waals surface area contributed by atoms with Crippen LogP contribution in [0.3, 0.4) is 0 Å². The van der Waals surface area contributed by atoms with Gasteiger partial charge in [0.25, 0.3) is 0 Å². The average molecular weight is 403 g/mol. The lowest BCUT2D eigenvalue weighted by molar-refractivity contribution is -0.116. The Morgan fingerprint density at radius 1 is 1.11 bits per heavy atom. The minimum absolute atomic E-state index is 0.0405. The Balaban J connectivity index is 1.64. The van der Waals surface area contributed by atoms with E-state index in [0.29, 0.717) is 17.3 Å². The van der Waals surface area contributed by atoms with Crippen molar-refractivity contribution in [2.45, 2.75) is 26.0 Å². The third-order valence-corrected chi connectivity index (χ3v) is 5.45. The number of oxazole rings is 1. The summed E-state index contributed by atoms with van der Waals surface area (Å²) in [6, 6.07) is 10.6. The molecule has 146 valence electrons. The number of benzene rings is 2. The molecule has 0 fully saturated rings. The topological polar surface area (TPSA) is 60.2 Å². The van der Waals surface area contributed by atoms with Crippen LogP contribution in [-0.4, -0.2) is 20.7 Å². The first kappa shape index (κ1) is 20.1. The number of ketones is 1. The molecule has 3 rings (SSSR count). The van der Waals surface area contributed by atoms with Gasteiger partial charge in [-0.15, -0.1) is 0 Å². The van der Waals surface area contributed by atoms with E-state index in [1.807, 2.05) is 31.2 Å². The van der Waals surface area contributed by atoms with Crippen molar-refractivity contribution in [3.63, 3.8) is 0 Å². The second kappa shape index (κ2) is 8.56. The molecule has 0 radical (unpaired) electrons. The number of halogens is 2. The number of aryl methyl sites for hydroxylation is 2. The summed E-state index contributed by atoms with van der Waals surface area (Å²) in [6.07, 6.45) is -0.304. The Kier molecular flexibility index (Phi) is 6.14. The molecule has 2 aromatic carbocycles. The number of aromatic nitrogens is 1. The molecule has 0 spiro atoms. The smallest absolute Gasteiger partial charge is 0.226 e. The maximum atomic E-state index is 13.6. The molecule has 7 heteroatoms. The number of rotatable bonds is 7. The van der Waals surface area contributed by atoms with Gasteiger partial charge >= 0.3 is 0 Å². The molecule has 1 atom stereocenters. The molecule has 0 amide bonds. The highest BCUT2D eigenvalue weighted by Gasteiger charge is 2.17. The molecule has 0 N–H and O–H groups in total. The fourth-order valence-corrected chi connectivity index (χ4v) is 3.84. The highest BCUT2D eigenvalue weighted by atomic mass is 32.2. The second-order valence-corrected chi connectivity index (χ2v) is 8.02. The highest BCUT2D eigenvalue weighted by Crippen LogP contribution is 2.23. The molecule has 4 nitrogen and oxygen atoms in total. The van der Waals surface area contributed by atoms with Crippen molar-refractivity contribution in [1.29, 1.82) is 0 Å². The van der Waals surface area contributed by atoms with Crippen LogP contribution >= 0.6 is 0 Å². The summed E-state index contributed by atoms with van der Waals surface area (Å²) in [6.45, 7) is 3.70. The van der Waals surface area contributed by atoms with Gasteiger partial charge in [-0.05, 0) is 49.7 Å². The van der Waals surface area contributed by atoms with Gasteiger partial charge < -0.3 is 4.42 Å². The van der Waals surface area contributed by atoms with Gasteiger partial charge in [-0.1, -0.05) is 17.7 Å². The normalized spacial score (nSPS) is 12.1. The Labute approximate surface area is 164 Å². The van der Waals surface area contributed by atoms with Crippen molar-refractivity contribution in [2.75, 3.05) is 5.75 Å². The first-order chi connectivity index (χ1) is 13.3. The zero-order valence-corrected chi connectivity index (χ0v) is 16.3. The van der Waals surface area contributed by atoms with E-state index in [4.69, 9.17) is 4.42 Å². The molecule has 1 unspecified atom stereocenters. The fourth-order valence-electron chi connectivity index (χ4n) is 2.71. The first-order valence-electron chi connectivity index (χ1n) is 8.66. The Bertz CT molecular complexity index is 1030. The van der Waals surface area contributed by atoms with Gasteiger partial charge in [0.05, 0.1) is 17.2 Å². The Morgan fingerprint density at radius 3 is 2.54 bits per heavy atom. The molecular formula is C21H19F2NO3S. The maximum absolute atomic E-state index is 13.6. The van der Waals surface area contributed by atoms with Crippen molar-refractivity contribution in [2.24, 2.45) is 0 Å². The van der Waals surface area contributed by atoms with Crippen molar-refractivity contribution in [3.8, 4) is 11.5 Å². The molecular weight excluding hydrogens is 384 g/mol.